The van der Waals surface area contributed by atoms with Crippen molar-refractivity contribution in [3.63, 3.8) is 0 Å². The van der Waals surface area contributed by atoms with E-state index in [4.69, 9.17) is 16.2 Å². The monoisotopic (exact) mass is 358 g/mol. The molecule has 0 aromatic heterocycles. The van der Waals surface area contributed by atoms with Gasteiger partial charge in [0.1, 0.15) is 5.75 Å². The first-order chi connectivity index (χ1) is 13.0. The zero-order valence-electron chi connectivity index (χ0n) is 14.5. The Morgan fingerprint density at radius 2 is 1.41 bits per heavy atom. The molecule has 0 unspecified atom stereocenters. The molecule has 0 fully saturated rings. The number of benzene rings is 3. The Balaban J connectivity index is 1.65. The molecule has 0 heterocycles. The fraction of sp³-hybridized carbons (Fsp3) is 0. The Morgan fingerprint density at radius 1 is 0.778 bits per heavy atom. The fourth-order valence-corrected chi connectivity index (χ4v) is 2.48. The molecule has 3 aromatic carbocycles. The quantitative estimate of drug-likeness (QED) is 0.237. The number of nitrogen functional groups attached to an aromatic ring is 2. The van der Waals surface area contributed by atoms with Gasteiger partial charge in [0.15, 0.2) is 5.78 Å². The third-order valence-corrected chi connectivity index (χ3v) is 3.79. The molecule has 0 spiro atoms. The second kappa shape index (κ2) is 8.01. The zero-order valence-corrected chi connectivity index (χ0v) is 14.5. The van der Waals surface area contributed by atoms with Crippen molar-refractivity contribution in [2.24, 2.45) is 0 Å². The van der Waals surface area contributed by atoms with Gasteiger partial charge in [0.25, 0.3) is 0 Å². The van der Waals surface area contributed by atoms with E-state index in [2.05, 4.69) is 0 Å². The molecule has 0 amide bonds. The number of esters is 1. The molecule has 5 nitrogen and oxygen atoms in total. The highest BCUT2D eigenvalue weighted by molar-refractivity contribution is 6.06. The van der Waals surface area contributed by atoms with Crippen LogP contribution in [-0.2, 0) is 0 Å². The molecule has 27 heavy (non-hydrogen) atoms. The van der Waals surface area contributed by atoms with Gasteiger partial charge in [-0.25, -0.2) is 4.79 Å². The fourth-order valence-electron chi connectivity index (χ4n) is 2.48. The summed E-state index contributed by atoms with van der Waals surface area (Å²) in [5.74, 6) is -0.241. The highest BCUT2D eigenvalue weighted by atomic mass is 16.5. The summed E-state index contributed by atoms with van der Waals surface area (Å²) in [6.07, 6.45) is 3.21. The molecular weight excluding hydrogens is 340 g/mol. The number of rotatable bonds is 5. The first-order valence-corrected chi connectivity index (χ1v) is 8.27. The van der Waals surface area contributed by atoms with Crippen LogP contribution in [0.2, 0.25) is 0 Å². The molecule has 134 valence electrons. The summed E-state index contributed by atoms with van der Waals surface area (Å²) in [5.41, 5.74) is 13.9. The summed E-state index contributed by atoms with van der Waals surface area (Å²) in [6.45, 7) is 0. The highest BCUT2D eigenvalue weighted by Gasteiger charge is 2.10. The third-order valence-electron chi connectivity index (χ3n) is 3.79. The maximum atomic E-state index is 12.2. The van der Waals surface area contributed by atoms with Gasteiger partial charge in [-0.05, 0) is 42.0 Å². The van der Waals surface area contributed by atoms with Gasteiger partial charge in [0, 0.05) is 16.9 Å². The lowest BCUT2D eigenvalue weighted by Gasteiger charge is -2.06. The lowest BCUT2D eigenvalue weighted by molar-refractivity contribution is 0.0734. The Labute approximate surface area is 156 Å². The number of hydrogen-bond donors (Lipinski definition) is 2. The average molecular weight is 358 g/mol. The van der Waals surface area contributed by atoms with E-state index in [9.17, 15) is 9.59 Å². The first-order valence-electron chi connectivity index (χ1n) is 8.27. The molecule has 3 aromatic rings. The van der Waals surface area contributed by atoms with Crippen LogP contribution >= 0.6 is 0 Å². The Kier molecular flexibility index (Phi) is 5.33. The van der Waals surface area contributed by atoms with Crippen molar-refractivity contribution in [2.75, 3.05) is 11.5 Å². The van der Waals surface area contributed by atoms with Crippen molar-refractivity contribution >= 4 is 29.2 Å². The van der Waals surface area contributed by atoms with Crippen LogP contribution in [0.1, 0.15) is 26.3 Å². The normalized spacial score (nSPS) is 10.7. The predicted octanol–water partition coefficient (Wildman–Crippen LogP) is 3.97. The van der Waals surface area contributed by atoms with Gasteiger partial charge < -0.3 is 16.2 Å². The van der Waals surface area contributed by atoms with Gasteiger partial charge in [-0.3, -0.25) is 4.79 Å². The Hall–Kier alpha value is -3.86. The number of ketones is 1. The summed E-state index contributed by atoms with van der Waals surface area (Å²) < 4.78 is 5.32. The van der Waals surface area contributed by atoms with E-state index < -0.39 is 5.97 Å². The average Bonchev–Trinajstić information content (AvgIpc) is 2.67. The largest absolute Gasteiger partial charge is 0.423 e. The zero-order chi connectivity index (χ0) is 19.2. The maximum absolute atomic E-state index is 12.2. The van der Waals surface area contributed by atoms with Gasteiger partial charge in [-0.15, -0.1) is 0 Å². The predicted molar refractivity (Wildman–Crippen MR) is 106 cm³/mol. The minimum atomic E-state index is -0.545. The maximum Gasteiger partial charge on any atom is 0.343 e. The van der Waals surface area contributed by atoms with E-state index >= 15 is 0 Å². The van der Waals surface area contributed by atoms with Crippen LogP contribution in [0.5, 0.6) is 5.75 Å². The van der Waals surface area contributed by atoms with E-state index in [1.54, 1.807) is 48.5 Å². The van der Waals surface area contributed by atoms with Crippen molar-refractivity contribution < 1.29 is 14.3 Å². The van der Waals surface area contributed by atoms with Gasteiger partial charge in [-0.1, -0.05) is 48.5 Å². The molecule has 0 atom stereocenters. The Bertz CT molecular complexity index is 974. The van der Waals surface area contributed by atoms with Gasteiger partial charge in [0.05, 0.1) is 5.56 Å². The first kappa shape index (κ1) is 17.9. The van der Waals surface area contributed by atoms with Crippen molar-refractivity contribution in [1.29, 1.82) is 0 Å². The topological polar surface area (TPSA) is 95.4 Å². The van der Waals surface area contributed by atoms with Crippen molar-refractivity contribution in [1.82, 2.24) is 0 Å². The minimum absolute atomic E-state index is 0.0784. The minimum Gasteiger partial charge on any atom is -0.423 e. The standard InChI is InChI=1S/C22H18N2O3/c23-18-12-17(13-19(24)14-18)22(26)27-20-9-6-15(7-10-20)8-11-21(25)16-4-2-1-3-5-16/h1-14H,23-24H2. The third kappa shape index (κ3) is 4.83. The van der Waals surface area contributed by atoms with Crippen molar-refractivity contribution in [2.45, 2.75) is 0 Å². The Morgan fingerprint density at radius 3 is 2.04 bits per heavy atom. The van der Waals surface area contributed by atoms with Crippen LogP contribution in [0.3, 0.4) is 0 Å². The molecule has 0 saturated carbocycles. The SMILES string of the molecule is Nc1cc(N)cc(C(=O)Oc2ccc(C=CC(=O)c3ccccc3)cc2)c1. The van der Waals surface area contributed by atoms with E-state index in [-0.39, 0.29) is 11.3 Å². The summed E-state index contributed by atoms with van der Waals surface area (Å²) in [5, 5.41) is 0. The molecule has 0 saturated heterocycles. The second-order valence-electron chi connectivity index (χ2n) is 5.91. The molecule has 0 aliphatic carbocycles. The number of hydrogen-bond acceptors (Lipinski definition) is 5. The number of carbonyl (C=O) groups excluding carboxylic acids is 2. The second-order valence-corrected chi connectivity index (χ2v) is 5.91. The van der Waals surface area contributed by atoms with Crippen LogP contribution in [-0.4, -0.2) is 11.8 Å². The summed E-state index contributed by atoms with van der Waals surface area (Å²) in [7, 11) is 0. The lowest BCUT2D eigenvalue weighted by Crippen LogP contribution is -2.09. The highest BCUT2D eigenvalue weighted by Crippen LogP contribution is 2.18. The van der Waals surface area contributed by atoms with Gasteiger partial charge in [-0.2, -0.15) is 0 Å². The molecule has 0 aliphatic heterocycles. The van der Waals surface area contributed by atoms with E-state index in [0.29, 0.717) is 22.7 Å². The van der Waals surface area contributed by atoms with Crippen molar-refractivity contribution in [3.8, 4) is 5.75 Å². The number of nitrogens with two attached hydrogens (primary N) is 2. The van der Waals surface area contributed by atoms with Gasteiger partial charge in [0.2, 0.25) is 0 Å². The lowest BCUT2D eigenvalue weighted by atomic mass is 10.1. The van der Waals surface area contributed by atoms with Crippen LogP contribution in [0.4, 0.5) is 11.4 Å². The molecule has 0 radical (unpaired) electrons. The summed E-state index contributed by atoms with van der Waals surface area (Å²) in [4.78, 5) is 24.2. The van der Waals surface area contributed by atoms with E-state index in [1.165, 1.54) is 18.2 Å². The number of anilines is 2. The smallest absolute Gasteiger partial charge is 0.343 e. The van der Waals surface area contributed by atoms with Gasteiger partial charge >= 0.3 is 5.97 Å². The van der Waals surface area contributed by atoms with Crippen LogP contribution in [0, 0.1) is 0 Å². The van der Waals surface area contributed by atoms with Crippen LogP contribution < -0.4 is 16.2 Å². The molecule has 4 N–H and O–H groups in total. The van der Waals surface area contributed by atoms with E-state index in [0.717, 1.165) is 5.56 Å². The molecule has 0 aliphatic rings. The molecule has 0 bridgehead atoms. The number of carbonyl (C=O) groups is 2. The molecule has 5 heteroatoms. The van der Waals surface area contributed by atoms with Crippen LogP contribution in [0.25, 0.3) is 6.08 Å². The summed E-state index contributed by atoms with van der Waals surface area (Å²) >= 11 is 0. The molecule has 3 rings (SSSR count). The van der Waals surface area contributed by atoms with Crippen LogP contribution in [0.15, 0.2) is 78.9 Å². The number of ether oxygens (including phenoxy) is 1. The number of allylic oxidation sites excluding steroid dienone is 1. The van der Waals surface area contributed by atoms with Crippen molar-refractivity contribution in [3.05, 3.63) is 95.6 Å². The molecular formula is C22H18N2O3. The van der Waals surface area contributed by atoms with E-state index in [1.807, 2.05) is 18.2 Å². The summed E-state index contributed by atoms with van der Waals surface area (Å²) in [6, 6.07) is 20.4.